The van der Waals surface area contributed by atoms with Crippen LogP contribution in [0.15, 0.2) is 41.0 Å². The van der Waals surface area contributed by atoms with Gasteiger partial charge >= 0.3 is 0 Å². The summed E-state index contributed by atoms with van der Waals surface area (Å²) in [7, 11) is 0. The van der Waals surface area contributed by atoms with Crippen LogP contribution in [-0.4, -0.2) is 9.91 Å². The maximum atomic E-state index is 10.6. The number of aryl methyl sites for hydroxylation is 1. The summed E-state index contributed by atoms with van der Waals surface area (Å²) in [5.74, 6) is 0.621. The fourth-order valence-electron chi connectivity index (χ4n) is 1.55. The topological polar surface area (TPSA) is 65.3 Å². The van der Waals surface area contributed by atoms with Crippen LogP contribution in [0.5, 0.6) is 5.75 Å². The third-order valence-corrected chi connectivity index (χ3v) is 3.00. The van der Waals surface area contributed by atoms with Crippen molar-refractivity contribution in [3.8, 4) is 5.75 Å². The lowest BCUT2D eigenvalue weighted by molar-refractivity contribution is -0.384. The monoisotopic (exact) mass is 322 g/mol. The molecule has 0 unspecified atom stereocenters. The Kier molecular flexibility index (Phi) is 4.11. The second-order valence-corrected chi connectivity index (χ2v) is 4.88. The molecule has 19 heavy (non-hydrogen) atoms. The Morgan fingerprint density at radius 2 is 2.16 bits per heavy atom. The van der Waals surface area contributed by atoms with Crippen molar-refractivity contribution in [2.45, 2.75) is 13.5 Å². The quantitative estimate of drug-likeness (QED) is 0.636. The lowest BCUT2D eigenvalue weighted by Crippen LogP contribution is -1.99. The molecule has 0 bridgehead atoms. The van der Waals surface area contributed by atoms with E-state index in [-0.39, 0.29) is 5.69 Å². The number of pyridine rings is 1. The largest absolute Gasteiger partial charge is 0.487 e. The van der Waals surface area contributed by atoms with E-state index in [1.54, 1.807) is 19.2 Å². The average molecular weight is 323 g/mol. The Bertz CT molecular complexity index is 599. The van der Waals surface area contributed by atoms with E-state index in [1.165, 1.54) is 12.1 Å². The van der Waals surface area contributed by atoms with E-state index in [0.29, 0.717) is 12.4 Å². The highest BCUT2D eigenvalue weighted by atomic mass is 79.9. The van der Waals surface area contributed by atoms with Gasteiger partial charge in [-0.25, -0.2) is 0 Å². The van der Waals surface area contributed by atoms with Gasteiger partial charge in [0.05, 0.1) is 10.6 Å². The van der Waals surface area contributed by atoms with E-state index in [2.05, 4.69) is 20.9 Å². The number of nitrogens with zero attached hydrogens (tertiary/aromatic N) is 2. The second kappa shape index (κ2) is 5.79. The molecule has 2 rings (SSSR count). The lowest BCUT2D eigenvalue weighted by atomic mass is 10.2. The molecule has 0 N–H and O–H groups in total. The molecule has 98 valence electrons. The zero-order valence-corrected chi connectivity index (χ0v) is 11.8. The minimum atomic E-state index is -0.424. The van der Waals surface area contributed by atoms with Gasteiger partial charge in [-0.15, -0.1) is 0 Å². The molecule has 0 aliphatic heterocycles. The van der Waals surface area contributed by atoms with Gasteiger partial charge in [0.15, 0.2) is 0 Å². The Labute approximate surface area is 118 Å². The predicted octanol–water partition coefficient (Wildman–Crippen LogP) is 3.64. The molecule has 0 aliphatic rings. The SMILES string of the molecule is Cc1cc([N+](=O)[O-])ccc1OCc1ccc(Br)cn1. The van der Waals surface area contributed by atoms with Crippen LogP contribution in [0, 0.1) is 17.0 Å². The highest BCUT2D eigenvalue weighted by Gasteiger charge is 2.09. The number of nitro benzene ring substituents is 1. The summed E-state index contributed by atoms with van der Waals surface area (Å²) in [4.78, 5) is 14.4. The van der Waals surface area contributed by atoms with E-state index in [0.717, 1.165) is 15.7 Å². The standard InChI is InChI=1S/C13H11BrN2O3/c1-9-6-12(16(17)18)4-5-13(9)19-8-11-3-2-10(14)7-15-11/h2-7H,8H2,1H3. The van der Waals surface area contributed by atoms with Gasteiger partial charge in [-0.3, -0.25) is 15.1 Å². The van der Waals surface area contributed by atoms with Crippen molar-refractivity contribution in [3.05, 3.63) is 62.4 Å². The normalized spacial score (nSPS) is 10.2. The van der Waals surface area contributed by atoms with E-state index >= 15 is 0 Å². The fourth-order valence-corrected chi connectivity index (χ4v) is 1.79. The number of nitro groups is 1. The first-order valence-electron chi connectivity index (χ1n) is 5.54. The maximum Gasteiger partial charge on any atom is 0.269 e. The van der Waals surface area contributed by atoms with Crippen LogP contribution in [0.2, 0.25) is 0 Å². The lowest BCUT2D eigenvalue weighted by Gasteiger charge is -2.08. The Morgan fingerprint density at radius 1 is 1.37 bits per heavy atom. The van der Waals surface area contributed by atoms with E-state index in [9.17, 15) is 10.1 Å². The zero-order chi connectivity index (χ0) is 13.8. The minimum absolute atomic E-state index is 0.0617. The molecule has 1 heterocycles. The van der Waals surface area contributed by atoms with Crippen molar-refractivity contribution in [3.63, 3.8) is 0 Å². The number of hydrogen-bond donors (Lipinski definition) is 0. The van der Waals surface area contributed by atoms with Crippen LogP contribution in [-0.2, 0) is 6.61 Å². The summed E-state index contributed by atoms with van der Waals surface area (Å²) in [6, 6.07) is 8.26. The van der Waals surface area contributed by atoms with Crippen molar-refractivity contribution in [1.82, 2.24) is 4.98 Å². The van der Waals surface area contributed by atoms with Crippen LogP contribution in [0.1, 0.15) is 11.3 Å². The van der Waals surface area contributed by atoms with Crippen molar-refractivity contribution in [2.75, 3.05) is 0 Å². The summed E-state index contributed by atoms with van der Waals surface area (Å²) in [6.07, 6.45) is 1.70. The summed E-state index contributed by atoms with van der Waals surface area (Å²) in [6.45, 7) is 2.10. The number of ether oxygens (including phenoxy) is 1. The van der Waals surface area contributed by atoms with E-state index < -0.39 is 4.92 Å². The molecule has 0 spiro atoms. The van der Waals surface area contributed by atoms with E-state index in [1.807, 2.05) is 12.1 Å². The molecule has 0 aliphatic carbocycles. The van der Waals surface area contributed by atoms with Crippen molar-refractivity contribution >= 4 is 21.6 Å². The van der Waals surface area contributed by atoms with Gasteiger partial charge in [0, 0.05) is 22.8 Å². The van der Waals surface area contributed by atoms with Gasteiger partial charge in [0.1, 0.15) is 12.4 Å². The van der Waals surface area contributed by atoms with Crippen LogP contribution < -0.4 is 4.74 Å². The number of halogens is 1. The molecule has 6 heteroatoms. The third kappa shape index (κ3) is 3.51. The first kappa shape index (κ1) is 13.5. The highest BCUT2D eigenvalue weighted by molar-refractivity contribution is 9.10. The minimum Gasteiger partial charge on any atom is -0.487 e. The summed E-state index contributed by atoms with van der Waals surface area (Å²) < 4.78 is 6.50. The van der Waals surface area contributed by atoms with Gasteiger partial charge in [0.2, 0.25) is 0 Å². The molecule has 1 aromatic carbocycles. The number of hydrogen-bond acceptors (Lipinski definition) is 4. The van der Waals surface area contributed by atoms with Gasteiger partial charge in [-0.05, 0) is 46.6 Å². The third-order valence-electron chi connectivity index (χ3n) is 2.53. The van der Waals surface area contributed by atoms with Crippen LogP contribution >= 0.6 is 15.9 Å². The molecular weight excluding hydrogens is 312 g/mol. The molecule has 0 amide bonds. The number of benzene rings is 1. The fraction of sp³-hybridized carbons (Fsp3) is 0.154. The molecule has 0 saturated heterocycles. The smallest absolute Gasteiger partial charge is 0.269 e. The molecule has 1 aromatic heterocycles. The molecule has 0 atom stereocenters. The first-order chi connectivity index (χ1) is 9.06. The Morgan fingerprint density at radius 3 is 2.74 bits per heavy atom. The summed E-state index contributed by atoms with van der Waals surface area (Å²) in [5, 5.41) is 10.6. The van der Waals surface area contributed by atoms with Gasteiger partial charge in [-0.2, -0.15) is 0 Å². The van der Waals surface area contributed by atoms with Crippen LogP contribution in [0.3, 0.4) is 0 Å². The first-order valence-corrected chi connectivity index (χ1v) is 6.34. The number of non-ortho nitro benzene ring substituents is 1. The van der Waals surface area contributed by atoms with Gasteiger partial charge < -0.3 is 4.74 Å². The van der Waals surface area contributed by atoms with Crippen LogP contribution in [0.4, 0.5) is 5.69 Å². The molecule has 0 fully saturated rings. The molecular formula is C13H11BrN2O3. The van der Waals surface area contributed by atoms with Gasteiger partial charge in [0.25, 0.3) is 5.69 Å². The van der Waals surface area contributed by atoms with Crippen LogP contribution in [0.25, 0.3) is 0 Å². The molecule has 0 radical (unpaired) electrons. The molecule has 5 nitrogen and oxygen atoms in total. The maximum absolute atomic E-state index is 10.6. The van der Waals surface area contributed by atoms with Crippen molar-refractivity contribution in [2.24, 2.45) is 0 Å². The Hall–Kier alpha value is -1.95. The number of aromatic nitrogens is 1. The van der Waals surface area contributed by atoms with Crippen molar-refractivity contribution in [1.29, 1.82) is 0 Å². The molecule has 2 aromatic rings. The summed E-state index contributed by atoms with van der Waals surface area (Å²) >= 11 is 3.31. The summed E-state index contributed by atoms with van der Waals surface area (Å²) in [5.41, 5.74) is 1.58. The Balaban J connectivity index is 2.07. The van der Waals surface area contributed by atoms with Crippen molar-refractivity contribution < 1.29 is 9.66 Å². The second-order valence-electron chi connectivity index (χ2n) is 3.96. The van der Waals surface area contributed by atoms with E-state index in [4.69, 9.17) is 4.74 Å². The molecule has 0 saturated carbocycles. The average Bonchev–Trinajstić information content (AvgIpc) is 2.39. The van der Waals surface area contributed by atoms with Gasteiger partial charge in [-0.1, -0.05) is 0 Å². The zero-order valence-electron chi connectivity index (χ0n) is 10.2. The highest BCUT2D eigenvalue weighted by Crippen LogP contribution is 2.23. The predicted molar refractivity (Wildman–Crippen MR) is 74.1 cm³/mol. The number of rotatable bonds is 4.